The van der Waals surface area contributed by atoms with Gasteiger partial charge in [0.25, 0.3) is 0 Å². The Kier molecular flexibility index (Phi) is 8.61. The van der Waals surface area contributed by atoms with E-state index < -0.39 is 0 Å². The Morgan fingerprint density at radius 3 is 2.88 bits per heavy atom. The van der Waals surface area contributed by atoms with Crippen molar-refractivity contribution in [2.45, 2.75) is 38.6 Å². The quantitative estimate of drug-likeness (QED) is 0.756. The maximum absolute atomic E-state index is 11.2. The molecule has 1 unspecified atom stereocenters. The van der Waals surface area contributed by atoms with Crippen LogP contribution in [-0.2, 0) is 4.79 Å². The molecule has 0 bridgehead atoms. The van der Waals surface area contributed by atoms with Crippen molar-refractivity contribution in [1.29, 1.82) is 0 Å². The van der Waals surface area contributed by atoms with Crippen molar-refractivity contribution in [2.75, 3.05) is 26.2 Å². The van der Waals surface area contributed by atoms with Crippen LogP contribution in [0, 0.1) is 0 Å². The molecule has 0 saturated carbocycles. The van der Waals surface area contributed by atoms with Gasteiger partial charge in [0, 0.05) is 32.1 Å². The lowest BCUT2D eigenvalue weighted by molar-refractivity contribution is -0.120. The van der Waals surface area contributed by atoms with Crippen LogP contribution in [0.2, 0.25) is 0 Å². The van der Waals surface area contributed by atoms with E-state index in [0.717, 1.165) is 13.1 Å². The number of carbonyl (C=O) groups is 1. The molecule has 1 heterocycles. The van der Waals surface area contributed by atoms with Gasteiger partial charge in [0.05, 0.1) is 0 Å². The zero-order chi connectivity index (χ0) is 11.1. The second-order valence-corrected chi connectivity index (χ2v) is 4.27. The van der Waals surface area contributed by atoms with Crippen molar-refractivity contribution in [2.24, 2.45) is 5.73 Å². The minimum atomic E-state index is 0. The highest BCUT2D eigenvalue weighted by molar-refractivity contribution is 5.85. The molecule has 1 rings (SSSR count). The summed E-state index contributed by atoms with van der Waals surface area (Å²) in [5, 5.41) is 2.89. The first-order valence-corrected chi connectivity index (χ1v) is 5.95. The van der Waals surface area contributed by atoms with Crippen molar-refractivity contribution < 1.29 is 4.79 Å². The summed E-state index contributed by atoms with van der Waals surface area (Å²) >= 11 is 0. The topological polar surface area (TPSA) is 58.4 Å². The molecular weight excluding hydrogens is 226 g/mol. The van der Waals surface area contributed by atoms with Crippen molar-refractivity contribution >= 4 is 18.3 Å². The van der Waals surface area contributed by atoms with Crippen LogP contribution >= 0.6 is 12.4 Å². The molecule has 5 heteroatoms. The van der Waals surface area contributed by atoms with E-state index in [1.54, 1.807) is 0 Å². The molecular formula is C11H24ClN3O. The lowest BCUT2D eigenvalue weighted by atomic mass is 10.0. The van der Waals surface area contributed by atoms with E-state index in [1.165, 1.54) is 25.8 Å². The molecule has 3 N–H and O–H groups in total. The highest BCUT2D eigenvalue weighted by Crippen LogP contribution is 2.15. The van der Waals surface area contributed by atoms with E-state index in [0.29, 0.717) is 19.0 Å². The average Bonchev–Trinajstić information content (AvgIpc) is 2.21. The third-order valence-corrected chi connectivity index (χ3v) is 3.03. The maximum atomic E-state index is 11.2. The predicted octanol–water partition coefficient (Wildman–Crippen LogP) is 0.748. The standard InChI is InChI=1S/C11H23N3O.ClH/c1-10-4-2-3-8-14(10)9-7-13-11(15)5-6-12;/h10H,2-9,12H2,1H3,(H,13,15);1H. The van der Waals surface area contributed by atoms with Gasteiger partial charge >= 0.3 is 0 Å². The number of hydrogen-bond acceptors (Lipinski definition) is 3. The molecule has 0 radical (unpaired) electrons. The van der Waals surface area contributed by atoms with E-state index in [2.05, 4.69) is 17.1 Å². The number of carbonyl (C=O) groups excluding carboxylic acids is 1. The van der Waals surface area contributed by atoms with Crippen LogP contribution in [0.25, 0.3) is 0 Å². The van der Waals surface area contributed by atoms with Crippen LogP contribution in [0.1, 0.15) is 32.6 Å². The third kappa shape index (κ3) is 5.68. The van der Waals surface area contributed by atoms with Crippen LogP contribution in [0.5, 0.6) is 0 Å². The molecule has 1 aliphatic rings. The summed E-state index contributed by atoms with van der Waals surface area (Å²) in [4.78, 5) is 13.6. The molecule has 0 aromatic carbocycles. The molecule has 1 saturated heterocycles. The van der Waals surface area contributed by atoms with Crippen molar-refractivity contribution in [3.8, 4) is 0 Å². The lowest BCUT2D eigenvalue weighted by Crippen LogP contribution is -2.42. The van der Waals surface area contributed by atoms with Gasteiger partial charge in [-0.1, -0.05) is 6.42 Å². The van der Waals surface area contributed by atoms with Gasteiger partial charge in [-0.2, -0.15) is 0 Å². The van der Waals surface area contributed by atoms with E-state index in [9.17, 15) is 4.79 Å². The first-order chi connectivity index (χ1) is 7.24. The zero-order valence-electron chi connectivity index (χ0n) is 10.1. The molecule has 0 aromatic heterocycles. The van der Waals surface area contributed by atoms with E-state index in [1.807, 2.05) is 0 Å². The zero-order valence-corrected chi connectivity index (χ0v) is 10.9. The minimum Gasteiger partial charge on any atom is -0.355 e. The summed E-state index contributed by atoms with van der Waals surface area (Å²) in [5.41, 5.74) is 5.29. The number of halogens is 1. The molecule has 1 atom stereocenters. The fraction of sp³-hybridized carbons (Fsp3) is 0.909. The number of piperidine rings is 1. The molecule has 0 aromatic rings. The smallest absolute Gasteiger partial charge is 0.221 e. The van der Waals surface area contributed by atoms with Gasteiger partial charge in [0.2, 0.25) is 5.91 Å². The molecule has 1 aliphatic heterocycles. The molecule has 1 fully saturated rings. The Bertz CT molecular complexity index is 202. The largest absolute Gasteiger partial charge is 0.355 e. The second kappa shape index (κ2) is 8.79. The highest BCUT2D eigenvalue weighted by atomic mass is 35.5. The van der Waals surface area contributed by atoms with Crippen molar-refractivity contribution in [3.05, 3.63) is 0 Å². The summed E-state index contributed by atoms with van der Waals surface area (Å²) in [5.74, 6) is 0.0714. The van der Waals surface area contributed by atoms with Gasteiger partial charge in [-0.05, 0) is 26.3 Å². The molecule has 0 aliphatic carbocycles. The normalized spacial score (nSPS) is 21.2. The number of rotatable bonds is 5. The Morgan fingerprint density at radius 1 is 1.50 bits per heavy atom. The summed E-state index contributed by atoms with van der Waals surface area (Å²) in [6, 6.07) is 0.671. The number of likely N-dealkylation sites (tertiary alicyclic amines) is 1. The number of nitrogens with two attached hydrogens (primary N) is 1. The van der Waals surface area contributed by atoms with Crippen molar-refractivity contribution in [1.82, 2.24) is 10.2 Å². The average molecular weight is 250 g/mol. The monoisotopic (exact) mass is 249 g/mol. The number of amides is 1. The fourth-order valence-corrected chi connectivity index (χ4v) is 2.05. The van der Waals surface area contributed by atoms with Crippen LogP contribution in [0.3, 0.4) is 0 Å². The Hall–Kier alpha value is -0.320. The highest BCUT2D eigenvalue weighted by Gasteiger charge is 2.17. The SMILES string of the molecule is CC1CCCCN1CCNC(=O)CCN.Cl. The molecule has 0 spiro atoms. The van der Waals surface area contributed by atoms with E-state index in [4.69, 9.17) is 5.73 Å². The third-order valence-electron chi connectivity index (χ3n) is 3.03. The summed E-state index contributed by atoms with van der Waals surface area (Å²) < 4.78 is 0. The van der Waals surface area contributed by atoms with Gasteiger partial charge in [-0.3, -0.25) is 9.69 Å². The first-order valence-electron chi connectivity index (χ1n) is 5.95. The molecule has 96 valence electrons. The number of hydrogen-bond donors (Lipinski definition) is 2. The Balaban J connectivity index is 0.00000225. The second-order valence-electron chi connectivity index (χ2n) is 4.27. The summed E-state index contributed by atoms with van der Waals surface area (Å²) in [6.45, 7) is 5.60. The number of nitrogens with one attached hydrogen (secondary N) is 1. The summed E-state index contributed by atoms with van der Waals surface area (Å²) in [7, 11) is 0. The molecule has 4 nitrogen and oxygen atoms in total. The van der Waals surface area contributed by atoms with Gasteiger partial charge in [-0.15, -0.1) is 12.4 Å². The Morgan fingerprint density at radius 2 is 2.25 bits per heavy atom. The predicted molar refractivity (Wildman–Crippen MR) is 68.8 cm³/mol. The van der Waals surface area contributed by atoms with Gasteiger partial charge < -0.3 is 11.1 Å². The van der Waals surface area contributed by atoms with Crippen LogP contribution < -0.4 is 11.1 Å². The number of nitrogens with zero attached hydrogens (tertiary/aromatic N) is 1. The van der Waals surface area contributed by atoms with Crippen LogP contribution in [0.4, 0.5) is 0 Å². The fourth-order valence-electron chi connectivity index (χ4n) is 2.05. The minimum absolute atomic E-state index is 0. The van der Waals surface area contributed by atoms with Gasteiger partial charge in [0.1, 0.15) is 0 Å². The Labute approximate surface area is 104 Å². The van der Waals surface area contributed by atoms with Gasteiger partial charge in [-0.25, -0.2) is 0 Å². The van der Waals surface area contributed by atoms with E-state index >= 15 is 0 Å². The molecule has 1 amide bonds. The maximum Gasteiger partial charge on any atom is 0.221 e. The first kappa shape index (κ1) is 15.7. The van der Waals surface area contributed by atoms with Crippen molar-refractivity contribution in [3.63, 3.8) is 0 Å². The molecule has 16 heavy (non-hydrogen) atoms. The van der Waals surface area contributed by atoms with Crippen LogP contribution in [-0.4, -0.2) is 43.0 Å². The van der Waals surface area contributed by atoms with E-state index in [-0.39, 0.29) is 18.3 Å². The van der Waals surface area contributed by atoms with Crippen LogP contribution in [0.15, 0.2) is 0 Å². The lowest BCUT2D eigenvalue weighted by Gasteiger charge is -2.33. The van der Waals surface area contributed by atoms with Gasteiger partial charge in [0.15, 0.2) is 0 Å². The summed E-state index contributed by atoms with van der Waals surface area (Å²) in [6.07, 6.45) is 4.37.